The minimum atomic E-state index is -0.538. The molecule has 0 atom stereocenters. The molecule has 7 heteroatoms. The normalized spacial score (nSPS) is 11.3. The summed E-state index contributed by atoms with van der Waals surface area (Å²) in [5.41, 5.74) is 0.382. The molecule has 1 heterocycles. The van der Waals surface area contributed by atoms with Crippen molar-refractivity contribution in [2.45, 2.75) is 0 Å². The zero-order valence-corrected chi connectivity index (χ0v) is 13.4. The lowest BCUT2D eigenvalue weighted by molar-refractivity contribution is -0.383. The number of hydrogen-bond donors (Lipinski definition) is 1. The molecule has 0 spiro atoms. The zero-order chi connectivity index (χ0) is 17.3. The van der Waals surface area contributed by atoms with Crippen LogP contribution in [0.1, 0.15) is 0 Å². The third-order valence-electron chi connectivity index (χ3n) is 3.78. The number of likely N-dealkylation sites (N-methyl/N-ethyl adjacent to an activating group) is 1. The smallest absolute Gasteiger partial charge is 0.312 e. The van der Waals surface area contributed by atoms with E-state index in [9.17, 15) is 14.9 Å². The van der Waals surface area contributed by atoms with Crippen LogP contribution in [0.2, 0.25) is 0 Å². The number of non-ortho nitro benzene ring substituents is 1. The van der Waals surface area contributed by atoms with E-state index in [0.717, 1.165) is 6.54 Å². The highest BCUT2D eigenvalue weighted by Gasteiger charge is 2.21. The molecule has 0 bridgehead atoms. The first-order valence-electron chi connectivity index (χ1n) is 7.50. The van der Waals surface area contributed by atoms with Crippen molar-refractivity contribution in [1.82, 2.24) is 4.90 Å². The Bertz CT molecular complexity index is 979. The Labute approximate surface area is 137 Å². The van der Waals surface area contributed by atoms with Crippen molar-refractivity contribution < 1.29 is 9.34 Å². The number of benzene rings is 2. The zero-order valence-electron chi connectivity index (χ0n) is 13.4. The molecule has 124 valence electrons. The molecular formula is C17H17N3O4. The van der Waals surface area contributed by atoms with E-state index in [1.165, 1.54) is 6.07 Å². The summed E-state index contributed by atoms with van der Waals surface area (Å²) in [6, 6.07) is 9.67. The molecule has 0 aliphatic heterocycles. The Kier molecular flexibility index (Phi) is 4.18. The lowest BCUT2D eigenvalue weighted by atomic mass is 10.1. The average Bonchev–Trinajstić information content (AvgIpc) is 2.54. The molecule has 3 rings (SSSR count). The fourth-order valence-electron chi connectivity index (χ4n) is 2.59. The number of nitro benzene ring substituents is 1. The SMILES string of the molecule is CN(C)CCNc1ccc([N+](=O)[O-])c2oc3ccccc3c(=O)c12. The lowest BCUT2D eigenvalue weighted by Gasteiger charge is -2.13. The van der Waals surface area contributed by atoms with Gasteiger partial charge < -0.3 is 14.6 Å². The number of nitrogens with zero attached hydrogens (tertiary/aromatic N) is 2. The van der Waals surface area contributed by atoms with Gasteiger partial charge in [0.2, 0.25) is 11.0 Å². The number of fused-ring (bicyclic) bond motifs is 2. The predicted molar refractivity (Wildman–Crippen MR) is 93.7 cm³/mol. The van der Waals surface area contributed by atoms with Gasteiger partial charge in [0.05, 0.1) is 15.7 Å². The van der Waals surface area contributed by atoms with Gasteiger partial charge in [-0.1, -0.05) is 12.1 Å². The molecule has 0 saturated carbocycles. The van der Waals surface area contributed by atoms with Crippen LogP contribution in [0, 0.1) is 10.1 Å². The Balaban J connectivity index is 2.26. The van der Waals surface area contributed by atoms with Crippen molar-refractivity contribution in [2.24, 2.45) is 0 Å². The van der Waals surface area contributed by atoms with Gasteiger partial charge in [-0.25, -0.2) is 0 Å². The van der Waals surface area contributed by atoms with Gasteiger partial charge >= 0.3 is 5.69 Å². The molecule has 7 nitrogen and oxygen atoms in total. The van der Waals surface area contributed by atoms with Crippen LogP contribution < -0.4 is 10.7 Å². The summed E-state index contributed by atoms with van der Waals surface area (Å²) in [6.07, 6.45) is 0. The highest BCUT2D eigenvalue weighted by molar-refractivity contribution is 6.00. The van der Waals surface area contributed by atoms with E-state index in [1.807, 2.05) is 19.0 Å². The van der Waals surface area contributed by atoms with Crippen molar-refractivity contribution >= 4 is 33.3 Å². The summed E-state index contributed by atoms with van der Waals surface area (Å²) in [4.78, 5) is 25.6. The third kappa shape index (κ3) is 2.81. The minimum absolute atomic E-state index is 0.00134. The van der Waals surface area contributed by atoms with E-state index >= 15 is 0 Å². The maximum absolute atomic E-state index is 12.8. The number of para-hydroxylation sites is 1. The molecular weight excluding hydrogens is 310 g/mol. The Morgan fingerprint density at radius 2 is 1.96 bits per heavy atom. The summed E-state index contributed by atoms with van der Waals surface area (Å²) >= 11 is 0. The van der Waals surface area contributed by atoms with Crippen LogP contribution in [-0.4, -0.2) is 37.0 Å². The van der Waals surface area contributed by atoms with Gasteiger partial charge in [-0.15, -0.1) is 0 Å². The second-order valence-electron chi connectivity index (χ2n) is 5.75. The van der Waals surface area contributed by atoms with Gasteiger partial charge in [0.25, 0.3) is 0 Å². The Hall–Kier alpha value is -2.93. The molecule has 0 aliphatic carbocycles. The quantitative estimate of drug-likeness (QED) is 0.440. The summed E-state index contributed by atoms with van der Waals surface area (Å²) in [5, 5.41) is 15.1. The maximum Gasteiger partial charge on any atom is 0.312 e. The molecule has 0 radical (unpaired) electrons. The van der Waals surface area contributed by atoms with Crippen molar-refractivity contribution in [3.05, 3.63) is 56.7 Å². The first-order chi connectivity index (χ1) is 11.5. The van der Waals surface area contributed by atoms with Gasteiger partial charge in [-0.2, -0.15) is 0 Å². The van der Waals surface area contributed by atoms with Crippen molar-refractivity contribution in [2.75, 3.05) is 32.5 Å². The fraction of sp³-hybridized carbons (Fsp3) is 0.235. The topological polar surface area (TPSA) is 88.6 Å². The maximum atomic E-state index is 12.8. The predicted octanol–water partition coefficient (Wildman–Crippen LogP) is 2.83. The highest BCUT2D eigenvalue weighted by Crippen LogP contribution is 2.31. The monoisotopic (exact) mass is 327 g/mol. The molecule has 0 saturated heterocycles. The fourth-order valence-corrected chi connectivity index (χ4v) is 2.59. The first kappa shape index (κ1) is 15.9. The highest BCUT2D eigenvalue weighted by atomic mass is 16.6. The molecule has 24 heavy (non-hydrogen) atoms. The van der Waals surface area contributed by atoms with E-state index < -0.39 is 4.92 Å². The van der Waals surface area contributed by atoms with E-state index in [1.54, 1.807) is 30.3 Å². The van der Waals surface area contributed by atoms with Crippen LogP contribution in [0.5, 0.6) is 0 Å². The van der Waals surface area contributed by atoms with Gasteiger partial charge in [0.15, 0.2) is 0 Å². The number of rotatable bonds is 5. The standard InChI is InChI=1S/C17H17N3O4/c1-19(2)10-9-18-12-7-8-13(20(22)23)17-15(12)16(21)11-5-3-4-6-14(11)24-17/h3-8,18H,9-10H2,1-2H3. The molecule has 0 fully saturated rings. The van der Waals surface area contributed by atoms with Crippen LogP contribution in [0.15, 0.2) is 45.6 Å². The molecule has 3 aromatic rings. The van der Waals surface area contributed by atoms with E-state index in [0.29, 0.717) is 23.2 Å². The van der Waals surface area contributed by atoms with Crippen LogP contribution in [-0.2, 0) is 0 Å². The van der Waals surface area contributed by atoms with Crippen LogP contribution in [0.4, 0.5) is 11.4 Å². The Morgan fingerprint density at radius 1 is 1.21 bits per heavy atom. The summed E-state index contributed by atoms with van der Waals surface area (Å²) in [5.74, 6) is 0. The molecule has 0 aliphatic rings. The second kappa shape index (κ2) is 6.29. The van der Waals surface area contributed by atoms with Gasteiger partial charge in [0.1, 0.15) is 5.58 Å². The van der Waals surface area contributed by atoms with Gasteiger partial charge in [-0.05, 0) is 32.3 Å². The number of anilines is 1. The summed E-state index contributed by atoms with van der Waals surface area (Å²) < 4.78 is 5.70. The van der Waals surface area contributed by atoms with Crippen molar-refractivity contribution in [3.63, 3.8) is 0 Å². The summed E-state index contributed by atoms with van der Waals surface area (Å²) in [7, 11) is 3.88. The second-order valence-corrected chi connectivity index (χ2v) is 5.75. The van der Waals surface area contributed by atoms with Gasteiger partial charge in [-0.3, -0.25) is 14.9 Å². The van der Waals surface area contributed by atoms with Gasteiger partial charge in [0, 0.05) is 24.8 Å². The van der Waals surface area contributed by atoms with Crippen molar-refractivity contribution in [3.8, 4) is 0 Å². The number of nitrogens with one attached hydrogen (secondary N) is 1. The minimum Gasteiger partial charge on any atom is -0.448 e. The number of nitro groups is 1. The van der Waals surface area contributed by atoms with E-state index in [-0.39, 0.29) is 22.1 Å². The lowest BCUT2D eigenvalue weighted by Crippen LogP contribution is -2.21. The third-order valence-corrected chi connectivity index (χ3v) is 3.78. The van der Waals surface area contributed by atoms with E-state index in [2.05, 4.69) is 5.32 Å². The van der Waals surface area contributed by atoms with Crippen LogP contribution in [0.25, 0.3) is 21.9 Å². The van der Waals surface area contributed by atoms with Crippen LogP contribution in [0.3, 0.4) is 0 Å². The largest absolute Gasteiger partial charge is 0.448 e. The molecule has 0 unspecified atom stereocenters. The average molecular weight is 327 g/mol. The molecule has 1 aromatic heterocycles. The van der Waals surface area contributed by atoms with Crippen LogP contribution >= 0.6 is 0 Å². The first-order valence-corrected chi connectivity index (χ1v) is 7.50. The Morgan fingerprint density at radius 3 is 2.67 bits per heavy atom. The molecule has 2 aromatic carbocycles. The van der Waals surface area contributed by atoms with E-state index in [4.69, 9.17) is 4.42 Å². The molecule has 0 amide bonds. The van der Waals surface area contributed by atoms with Crippen molar-refractivity contribution in [1.29, 1.82) is 0 Å². The molecule has 1 N–H and O–H groups in total. The number of hydrogen-bond acceptors (Lipinski definition) is 6. The summed E-state index contributed by atoms with van der Waals surface area (Å²) in [6.45, 7) is 1.36.